The van der Waals surface area contributed by atoms with Crippen LogP contribution >= 0.6 is 11.6 Å². The molecule has 0 aromatic heterocycles. The van der Waals surface area contributed by atoms with Gasteiger partial charge in [0.1, 0.15) is 0 Å². The number of carbonyl (C=O) groups excluding carboxylic acids is 1. The Hall–Kier alpha value is -1.10. The first-order chi connectivity index (χ1) is 11.6. The fourth-order valence-electron chi connectivity index (χ4n) is 3.25. The van der Waals surface area contributed by atoms with Gasteiger partial charge < -0.3 is 5.32 Å². The van der Waals surface area contributed by atoms with Gasteiger partial charge in [0.25, 0.3) is 0 Å². The molecule has 24 heavy (non-hydrogen) atoms. The number of nitrogens with one attached hydrogen (secondary N) is 1. The molecule has 134 valence electrons. The summed E-state index contributed by atoms with van der Waals surface area (Å²) in [5, 5.41) is 3.89. The Balaban J connectivity index is 1.94. The first-order valence-electron chi connectivity index (χ1n) is 9.05. The molecule has 1 aliphatic heterocycles. The topological polar surface area (TPSA) is 35.6 Å². The molecule has 1 amide bonds. The third-order valence-corrected chi connectivity index (χ3v) is 4.99. The lowest BCUT2D eigenvalue weighted by atomic mass is 10.1. The van der Waals surface area contributed by atoms with Crippen LogP contribution in [-0.4, -0.2) is 55.5 Å². The number of likely N-dealkylation sites (tertiary alicyclic amines) is 1. The summed E-state index contributed by atoms with van der Waals surface area (Å²) in [6, 6.07) is 8.13. The van der Waals surface area contributed by atoms with Crippen LogP contribution in [0.1, 0.15) is 44.2 Å². The van der Waals surface area contributed by atoms with Crippen molar-refractivity contribution in [2.45, 2.75) is 38.6 Å². The highest BCUT2D eigenvalue weighted by Crippen LogP contribution is 2.29. The van der Waals surface area contributed by atoms with Crippen molar-refractivity contribution in [2.24, 2.45) is 0 Å². The van der Waals surface area contributed by atoms with Gasteiger partial charge in [0.2, 0.25) is 5.91 Å². The maximum Gasteiger partial charge on any atom is 0.234 e. The van der Waals surface area contributed by atoms with Crippen molar-refractivity contribution in [3.63, 3.8) is 0 Å². The number of likely N-dealkylation sites (N-methyl/N-ethyl adjacent to an activating group) is 1. The van der Waals surface area contributed by atoms with Crippen LogP contribution in [0.15, 0.2) is 24.3 Å². The third kappa shape index (κ3) is 5.76. The summed E-state index contributed by atoms with van der Waals surface area (Å²) in [4.78, 5) is 16.8. The van der Waals surface area contributed by atoms with Crippen molar-refractivity contribution in [2.75, 3.05) is 39.8 Å². The number of carbonyl (C=O) groups is 1. The van der Waals surface area contributed by atoms with E-state index >= 15 is 0 Å². The molecule has 1 atom stereocenters. The molecule has 0 radical (unpaired) electrons. The largest absolute Gasteiger partial charge is 0.353 e. The van der Waals surface area contributed by atoms with Crippen LogP contribution in [0.2, 0.25) is 5.02 Å². The van der Waals surface area contributed by atoms with Crippen molar-refractivity contribution >= 4 is 17.5 Å². The highest BCUT2D eigenvalue weighted by molar-refractivity contribution is 6.31. The van der Waals surface area contributed by atoms with Gasteiger partial charge in [-0.15, -0.1) is 0 Å². The summed E-state index contributed by atoms with van der Waals surface area (Å²) in [6.45, 7) is 6.34. The molecule has 1 aromatic carbocycles. The molecule has 1 aromatic rings. The molecule has 0 aliphatic carbocycles. The van der Waals surface area contributed by atoms with Gasteiger partial charge in [-0.05, 0) is 57.6 Å². The predicted molar refractivity (Wildman–Crippen MR) is 100 cm³/mol. The zero-order valence-electron chi connectivity index (χ0n) is 14.9. The molecule has 1 heterocycles. The Labute approximate surface area is 151 Å². The summed E-state index contributed by atoms with van der Waals surface area (Å²) in [5.41, 5.74) is 1.11. The highest BCUT2D eigenvalue weighted by atomic mass is 35.5. The zero-order chi connectivity index (χ0) is 17.4. The first-order valence-corrected chi connectivity index (χ1v) is 9.43. The van der Waals surface area contributed by atoms with E-state index in [0.29, 0.717) is 13.1 Å². The molecule has 1 saturated heterocycles. The van der Waals surface area contributed by atoms with Gasteiger partial charge in [0, 0.05) is 11.6 Å². The first kappa shape index (κ1) is 19.2. The smallest absolute Gasteiger partial charge is 0.234 e. The average Bonchev–Trinajstić information content (AvgIpc) is 3.09. The fourth-order valence-corrected chi connectivity index (χ4v) is 3.51. The van der Waals surface area contributed by atoms with Crippen LogP contribution in [0.25, 0.3) is 0 Å². The lowest BCUT2D eigenvalue weighted by Gasteiger charge is -2.29. The van der Waals surface area contributed by atoms with Crippen LogP contribution in [0, 0.1) is 0 Å². The van der Waals surface area contributed by atoms with Crippen LogP contribution in [0.4, 0.5) is 0 Å². The predicted octanol–water partition coefficient (Wildman–Crippen LogP) is 3.33. The number of halogens is 1. The molecule has 4 nitrogen and oxygen atoms in total. The molecule has 1 fully saturated rings. The van der Waals surface area contributed by atoms with Gasteiger partial charge in [-0.2, -0.15) is 0 Å². The molecular formula is C19H30ClN3O. The number of benzene rings is 1. The van der Waals surface area contributed by atoms with E-state index in [9.17, 15) is 4.79 Å². The van der Waals surface area contributed by atoms with E-state index < -0.39 is 0 Å². The van der Waals surface area contributed by atoms with Crippen molar-refractivity contribution in [1.82, 2.24) is 15.1 Å². The summed E-state index contributed by atoms with van der Waals surface area (Å²) < 4.78 is 0. The number of amides is 1. The normalized spacial score (nSPS) is 16.5. The summed E-state index contributed by atoms with van der Waals surface area (Å²) in [6.07, 6.45) is 4.71. The van der Waals surface area contributed by atoms with E-state index in [1.54, 1.807) is 0 Å². The van der Waals surface area contributed by atoms with E-state index in [2.05, 4.69) is 28.1 Å². The van der Waals surface area contributed by atoms with Crippen molar-refractivity contribution in [3.05, 3.63) is 34.9 Å². The second kappa shape index (κ2) is 10.0. The van der Waals surface area contributed by atoms with Crippen LogP contribution in [-0.2, 0) is 4.79 Å². The molecule has 5 heteroatoms. The van der Waals surface area contributed by atoms with E-state index in [1.807, 2.05) is 25.2 Å². The summed E-state index contributed by atoms with van der Waals surface area (Å²) in [7, 11) is 2.00. The Kier molecular flexibility index (Phi) is 8.03. The average molecular weight is 352 g/mol. The SMILES string of the molecule is CCCCN(C)CC(=O)NCC(c1ccccc1Cl)N1CCCC1. The Morgan fingerprint density at radius 3 is 2.71 bits per heavy atom. The lowest BCUT2D eigenvalue weighted by Crippen LogP contribution is -2.41. The molecule has 2 rings (SSSR count). The number of unbranched alkanes of at least 4 members (excludes halogenated alkanes) is 1. The summed E-state index contributed by atoms with van der Waals surface area (Å²) in [5.74, 6) is 0.0878. The third-order valence-electron chi connectivity index (χ3n) is 4.65. The molecule has 0 bridgehead atoms. The van der Waals surface area contributed by atoms with Gasteiger partial charge in [-0.3, -0.25) is 14.6 Å². The maximum absolute atomic E-state index is 12.2. The second-order valence-electron chi connectivity index (χ2n) is 6.68. The number of hydrogen-bond donors (Lipinski definition) is 1. The Morgan fingerprint density at radius 1 is 1.33 bits per heavy atom. The Bertz CT molecular complexity index is 517. The van der Waals surface area contributed by atoms with Crippen LogP contribution < -0.4 is 5.32 Å². The molecule has 0 saturated carbocycles. The zero-order valence-corrected chi connectivity index (χ0v) is 15.7. The van der Waals surface area contributed by atoms with Crippen molar-refractivity contribution in [1.29, 1.82) is 0 Å². The number of hydrogen-bond acceptors (Lipinski definition) is 3. The minimum absolute atomic E-state index is 0.0878. The van der Waals surface area contributed by atoms with Crippen LogP contribution in [0.5, 0.6) is 0 Å². The molecule has 0 spiro atoms. The lowest BCUT2D eigenvalue weighted by molar-refractivity contribution is -0.122. The van der Waals surface area contributed by atoms with Gasteiger partial charge in [-0.25, -0.2) is 0 Å². The van der Waals surface area contributed by atoms with Gasteiger partial charge >= 0.3 is 0 Å². The van der Waals surface area contributed by atoms with Gasteiger partial charge in [-0.1, -0.05) is 43.1 Å². The molecule has 1 N–H and O–H groups in total. The van der Waals surface area contributed by atoms with Crippen LogP contribution in [0.3, 0.4) is 0 Å². The number of nitrogens with zero attached hydrogens (tertiary/aromatic N) is 2. The van der Waals surface area contributed by atoms with Crippen molar-refractivity contribution in [3.8, 4) is 0 Å². The number of rotatable bonds is 9. The molecule has 1 unspecified atom stereocenters. The van der Waals surface area contributed by atoms with E-state index in [4.69, 9.17) is 11.6 Å². The fraction of sp³-hybridized carbons (Fsp3) is 0.632. The monoisotopic (exact) mass is 351 g/mol. The minimum atomic E-state index is 0.0878. The van der Waals surface area contributed by atoms with Gasteiger partial charge in [0.15, 0.2) is 0 Å². The summed E-state index contributed by atoms with van der Waals surface area (Å²) >= 11 is 6.41. The maximum atomic E-state index is 12.2. The van der Waals surface area contributed by atoms with E-state index in [1.165, 1.54) is 12.8 Å². The van der Waals surface area contributed by atoms with E-state index in [-0.39, 0.29) is 11.9 Å². The second-order valence-corrected chi connectivity index (χ2v) is 7.08. The standard InChI is InChI=1S/C19H30ClN3O/c1-3-4-11-22(2)15-19(24)21-14-18(23-12-7-8-13-23)16-9-5-6-10-17(16)20/h5-6,9-10,18H,3-4,7-8,11-15H2,1-2H3,(H,21,24). The Morgan fingerprint density at radius 2 is 2.04 bits per heavy atom. The highest BCUT2D eigenvalue weighted by Gasteiger charge is 2.25. The minimum Gasteiger partial charge on any atom is -0.353 e. The quantitative estimate of drug-likeness (QED) is 0.741. The van der Waals surface area contributed by atoms with E-state index in [0.717, 1.165) is 43.1 Å². The van der Waals surface area contributed by atoms with Crippen molar-refractivity contribution < 1.29 is 4.79 Å². The van der Waals surface area contributed by atoms with Gasteiger partial charge in [0.05, 0.1) is 12.6 Å². The molecule has 1 aliphatic rings. The molecular weight excluding hydrogens is 322 g/mol.